The van der Waals surface area contributed by atoms with E-state index in [-0.39, 0.29) is 17.7 Å². The Morgan fingerprint density at radius 2 is 2.19 bits per heavy atom. The molecule has 3 nitrogen and oxygen atoms in total. The van der Waals surface area contributed by atoms with Gasteiger partial charge in [0.1, 0.15) is 0 Å². The first kappa shape index (κ1) is 12.9. The minimum Gasteiger partial charge on any atom is -0.349 e. The summed E-state index contributed by atoms with van der Waals surface area (Å²) in [6, 6.07) is -0.0598. The molecule has 1 N–H and O–H groups in total. The van der Waals surface area contributed by atoms with Crippen LogP contribution in [-0.2, 0) is 9.59 Å². The smallest absolute Gasteiger partial charge is 0.224 e. The number of Topliss-reactive ketones (excluding diaryl/α,β-unsaturated/α-hetero) is 1. The van der Waals surface area contributed by atoms with Gasteiger partial charge in [-0.2, -0.15) is 0 Å². The summed E-state index contributed by atoms with van der Waals surface area (Å²) in [6.07, 6.45) is 6.75. The second-order valence-electron chi connectivity index (χ2n) is 4.27. The van der Waals surface area contributed by atoms with Crippen LogP contribution in [0.1, 0.15) is 52.4 Å². The van der Waals surface area contributed by atoms with Crippen molar-refractivity contribution in [2.45, 2.75) is 58.4 Å². The summed E-state index contributed by atoms with van der Waals surface area (Å²) < 4.78 is 0. The zero-order chi connectivity index (χ0) is 12.0. The monoisotopic (exact) mass is 223 g/mol. The highest BCUT2D eigenvalue weighted by Gasteiger charge is 2.24. The molecule has 0 radical (unpaired) electrons. The molecule has 1 heterocycles. The molecule has 1 aliphatic heterocycles. The molecule has 1 aliphatic rings. The van der Waals surface area contributed by atoms with Crippen molar-refractivity contribution >= 4 is 11.7 Å². The highest BCUT2D eigenvalue weighted by molar-refractivity contribution is 5.99. The Balaban J connectivity index is 2.55. The fourth-order valence-corrected chi connectivity index (χ4v) is 1.99. The van der Waals surface area contributed by atoms with Crippen LogP contribution in [0.4, 0.5) is 0 Å². The van der Waals surface area contributed by atoms with Crippen LogP contribution in [0.25, 0.3) is 0 Å². The van der Waals surface area contributed by atoms with Crippen molar-refractivity contribution in [3.05, 3.63) is 11.6 Å². The first-order valence-corrected chi connectivity index (χ1v) is 6.21. The maximum absolute atomic E-state index is 11.9. The van der Waals surface area contributed by atoms with Gasteiger partial charge in [0.15, 0.2) is 5.78 Å². The summed E-state index contributed by atoms with van der Waals surface area (Å²) in [5.41, 5.74) is 0.818. The number of rotatable bonds is 6. The topological polar surface area (TPSA) is 46.2 Å². The molecule has 90 valence electrons. The zero-order valence-electron chi connectivity index (χ0n) is 10.2. The van der Waals surface area contributed by atoms with Gasteiger partial charge >= 0.3 is 0 Å². The van der Waals surface area contributed by atoms with E-state index in [4.69, 9.17) is 0 Å². The third kappa shape index (κ3) is 3.47. The molecule has 0 aromatic rings. The van der Waals surface area contributed by atoms with E-state index in [1.54, 1.807) is 6.08 Å². The molecule has 1 rings (SSSR count). The maximum Gasteiger partial charge on any atom is 0.224 e. The van der Waals surface area contributed by atoms with Crippen molar-refractivity contribution in [1.29, 1.82) is 0 Å². The average Bonchev–Trinajstić information content (AvgIpc) is 2.29. The van der Waals surface area contributed by atoms with Crippen LogP contribution in [0.5, 0.6) is 0 Å². The number of amides is 1. The summed E-state index contributed by atoms with van der Waals surface area (Å²) in [5.74, 6) is 0.234. The van der Waals surface area contributed by atoms with Crippen LogP contribution >= 0.6 is 0 Å². The van der Waals surface area contributed by atoms with E-state index in [1.165, 1.54) is 0 Å². The molecule has 0 fully saturated rings. The van der Waals surface area contributed by atoms with Gasteiger partial charge in [0.25, 0.3) is 0 Å². The lowest BCUT2D eigenvalue weighted by Crippen LogP contribution is -2.40. The van der Waals surface area contributed by atoms with Gasteiger partial charge in [-0.25, -0.2) is 0 Å². The zero-order valence-corrected chi connectivity index (χ0v) is 10.2. The number of nitrogens with one attached hydrogen (secondary N) is 1. The van der Waals surface area contributed by atoms with E-state index < -0.39 is 0 Å². The van der Waals surface area contributed by atoms with Crippen LogP contribution in [0.3, 0.4) is 0 Å². The predicted octanol–water partition coefficient (Wildman–Crippen LogP) is 2.36. The number of unbranched alkanes of at least 4 members (excludes halogenated alkanes) is 2. The van der Waals surface area contributed by atoms with Gasteiger partial charge in [-0.15, -0.1) is 0 Å². The molecular weight excluding hydrogens is 202 g/mol. The van der Waals surface area contributed by atoms with Crippen molar-refractivity contribution in [3.63, 3.8) is 0 Å². The lowest BCUT2D eigenvalue weighted by atomic mass is 9.93. The van der Waals surface area contributed by atoms with E-state index >= 15 is 0 Å². The SMILES string of the molecule is CCCCCC(=O)C1=CCC(=O)NC1CC. The van der Waals surface area contributed by atoms with Crippen molar-refractivity contribution in [2.24, 2.45) is 0 Å². The van der Waals surface area contributed by atoms with Crippen LogP contribution in [0.2, 0.25) is 0 Å². The van der Waals surface area contributed by atoms with Crippen molar-refractivity contribution in [2.75, 3.05) is 0 Å². The Kier molecular flexibility index (Phi) is 5.23. The summed E-state index contributed by atoms with van der Waals surface area (Å²) in [6.45, 7) is 4.11. The normalized spacial score (nSPS) is 20.2. The summed E-state index contributed by atoms with van der Waals surface area (Å²) in [5, 5.41) is 2.86. The van der Waals surface area contributed by atoms with Gasteiger partial charge in [0.2, 0.25) is 5.91 Å². The maximum atomic E-state index is 11.9. The largest absolute Gasteiger partial charge is 0.349 e. The third-order valence-corrected chi connectivity index (χ3v) is 2.96. The fraction of sp³-hybridized carbons (Fsp3) is 0.692. The molecule has 1 unspecified atom stereocenters. The van der Waals surface area contributed by atoms with Crippen molar-refractivity contribution < 1.29 is 9.59 Å². The van der Waals surface area contributed by atoms with E-state index in [0.717, 1.165) is 31.3 Å². The van der Waals surface area contributed by atoms with E-state index in [2.05, 4.69) is 12.2 Å². The number of ketones is 1. The van der Waals surface area contributed by atoms with Crippen LogP contribution in [0, 0.1) is 0 Å². The fourth-order valence-electron chi connectivity index (χ4n) is 1.99. The van der Waals surface area contributed by atoms with Gasteiger partial charge < -0.3 is 5.32 Å². The number of carbonyl (C=O) groups excluding carboxylic acids is 2. The number of carbonyl (C=O) groups is 2. The molecule has 16 heavy (non-hydrogen) atoms. The molecule has 0 saturated heterocycles. The van der Waals surface area contributed by atoms with Gasteiger partial charge in [-0.3, -0.25) is 9.59 Å². The molecule has 0 saturated carbocycles. The molecule has 0 aromatic heterocycles. The van der Waals surface area contributed by atoms with Gasteiger partial charge in [0.05, 0.1) is 6.04 Å². The average molecular weight is 223 g/mol. The van der Waals surface area contributed by atoms with Crippen molar-refractivity contribution in [1.82, 2.24) is 5.32 Å². The minimum atomic E-state index is -0.0598. The molecule has 1 atom stereocenters. The predicted molar refractivity (Wildman–Crippen MR) is 64.1 cm³/mol. The first-order chi connectivity index (χ1) is 7.69. The highest BCUT2D eigenvalue weighted by Crippen LogP contribution is 2.17. The summed E-state index contributed by atoms with van der Waals surface area (Å²) in [7, 11) is 0. The Bertz CT molecular complexity index is 294. The third-order valence-electron chi connectivity index (χ3n) is 2.96. The Morgan fingerprint density at radius 3 is 2.81 bits per heavy atom. The Morgan fingerprint density at radius 1 is 1.44 bits per heavy atom. The standard InChI is InChI=1S/C13H21NO2/c1-3-5-6-7-12(15)10-8-9-13(16)14-11(10)4-2/h8,11H,3-7,9H2,1-2H3,(H,14,16). The van der Waals surface area contributed by atoms with Crippen molar-refractivity contribution in [3.8, 4) is 0 Å². The van der Waals surface area contributed by atoms with E-state index in [9.17, 15) is 9.59 Å². The highest BCUT2D eigenvalue weighted by atomic mass is 16.2. The van der Waals surface area contributed by atoms with Crippen LogP contribution in [-0.4, -0.2) is 17.7 Å². The first-order valence-electron chi connectivity index (χ1n) is 6.21. The lowest BCUT2D eigenvalue weighted by molar-refractivity contribution is -0.121. The van der Waals surface area contributed by atoms with Crippen LogP contribution in [0.15, 0.2) is 11.6 Å². The second kappa shape index (κ2) is 6.46. The quantitative estimate of drug-likeness (QED) is 0.703. The minimum absolute atomic E-state index is 0.0250. The second-order valence-corrected chi connectivity index (χ2v) is 4.27. The number of hydrogen-bond donors (Lipinski definition) is 1. The molecule has 1 amide bonds. The Hall–Kier alpha value is -1.12. The summed E-state index contributed by atoms with van der Waals surface area (Å²) in [4.78, 5) is 23.1. The van der Waals surface area contributed by atoms with Gasteiger partial charge in [0, 0.05) is 18.4 Å². The molecule has 0 aliphatic carbocycles. The molecule has 3 heteroatoms. The van der Waals surface area contributed by atoms with E-state index in [0.29, 0.717) is 12.8 Å². The van der Waals surface area contributed by atoms with Crippen LogP contribution < -0.4 is 5.32 Å². The van der Waals surface area contributed by atoms with Gasteiger partial charge in [-0.05, 0) is 12.8 Å². The molecule has 0 spiro atoms. The number of hydrogen-bond acceptors (Lipinski definition) is 2. The van der Waals surface area contributed by atoms with Gasteiger partial charge in [-0.1, -0.05) is 32.8 Å². The lowest BCUT2D eigenvalue weighted by Gasteiger charge is -2.23. The Labute approximate surface area is 97.3 Å². The molecular formula is C13H21NO2. The molecule has 0 bridgehead atoms. The van der Waals surface area contributed by atoms with E-state index in [1.807, 2.05) is 6.92 Å². The molecule has 0 aromatic carbocycles. The summed E-state index contributed by atoms with van der Waals surface area (Å²) >= 11 is 0.